The lowest BCUT2D eigenvalue weighted by atomic mass is 10.2. The molecule has 0 spiro atoms. The van der Waals surface area contributed by atoms with Crippen LogP contribution in [0.5, 0.6) is 11.6 Å². The Kier molecular flexibility index (Phi) is 4.37. The summed E-state index contributed by atoms with van der Waals surface area (Å²) in [6, 6.07) is 5.50. The smallest absolute Gasteiger partial charge is 0.341 e. The molecular formula is C14H13ClN2O5. The first-order valence-corrected chi connectivity index (χ1v) is 6.55. The maximum Gasteiger partial charge on any atom is 0.341 e. The zero-order valence-electron chi connectivity index (χ0n) is 12.1. The van der Waals surface area contributed by atoms with Crippen LogP contribution in [-0.4, -0.2) is 22.2 Å². The van der Waals surface area contributed by atoms with Crippen LogP contribution in [0.3, 0.4) is 0 Å². The Morgan fingerprint density at radius 3 is 2.45 bits per heavy atom. The van der Waals surface area contributed by atoms with Crippen LogP contribution in [0.15, 0.2) is 33.9 Å². The summed E-state index contributed by atoms with van der Waals surface area (Å²) < 4.78 is 12.3. The van der Waals surface area contributed by atoms with Crippen LogP contribution in [0.1, 0.15) is 10.4 Å². The van der Waals surface area contributed by atoms with E-state index in [2.05, 4.69) is 4.74 Å². The number of rotatable bonds is 3. The number of methoxy groups -OCH3 is 1. The SMILES string of the molecule is COC(=O)c1cc(Cl)ccc1Oc1cc(=O)n(C)c(=O)n1C. The third-order valence-corrected chi connectivity index (χ3v) is 3.28. The minimum Gasteiger partial charge on any atom is -0.465 e. The molecule has 116 valence electrons. The molecule has 1 heterocycles. The normalized spacial score (nSPS) is 10.4. The second kappa shape index (κ2) is 6.07. The fourth-order valence-electron chi connectivity index (χ4n) is 1.78. The minimum atomic E-state index is -0.647. The lowest BCUT2D eigenvalue weighted by molar-refractivity contribution is 0.0597. The molecule has 0 aliphatic heterocycles. The zero-order valence-corrected chi connectivity index (χ0v) is 12.9. The standard InChI is InChI=1S/C14H13ClN2O5/c1-16-11(18)7-12(17(2)14(16)20)22-10-5-4-8(15)6-9(10)13(19)21-3/h4-7H,1-3H3. The summed E-state index contributed by atoms with van der Waals surface area (Å²) in [4.78, 5) is 35.3. The highest BCUT2D eigenvalue weighted by atomic mass is 35.5. The molecule has 0 bridgehead atoms. The van der Waals surface area contributed by atoms with E-state index in [0.717, 1.165) is 15.2 Å². The number of hydrogen-bond donors (Lipinski definition) is 0. The van der Waals surface area contributed by atoms with Crippen molar-refractivity contribution in [3.63, 3.8) is 0 Å². The number of nitrogens with zero attached hydrogens (tertiary/aromatic N) is 2. The van der Waals surface area contributed by atoms with Gasteiger partial charge in [0.15, 0.2) is 0 Å². The predicted octanol–water partition coefficient (Wildman–Crippen LogP) is 1.32. The largest absolute Gasteiger partial charge is 0.465 e. The Hall–Kier alpha value is -2.54. The van der Waals surface area contributed by atoms with Gasteiger partial charge in [-0.3, -0.25) is 13.9 Å². The van der Waals surface area contributed by atoms with E-state index in [1.807, 2.05) is 0 Å². The second-order valence-corrected chi connectivity index (χ2v) is 4.89. The van der Waals surface area contributed by atoms with Crippen LogP contribution in [0.2, 0.25) is 5.02 Å². The molecule has 0 N–H and O–H groups in total. The summed E-state index contributed by atoms with van der Waals surface area (Å²) in [5.74, 6) is -0.522. The van der Waals surface area contributed by atoms with Crippen molar-refractivity contribution in [1.29, 1.82) is 0 Å². The number of carbonyl (C=O) groups is 1. The van der Waals surface area contributed by atoms with Gasteiger partial charge in [-0.2, -0.15) is 0 Å². The summed E-state index contributed by atoms with van der Waals surface area (Å²) in [5.41, 5.74) is -0.981. The van der Waals surface area contributed by atoms with Crippen molar-refractivity contribution in [2.75, 3.05) is 7.11 Å². The Morgan fingerprint density at radius 2 is 1.82 bits per heavy atom. The van der Waals surface area contributed by atoms with Gasteiger partial charge in [0.05, 0.1) is 13.2 Å². The number of hydrogen-bond acceptors (Lipinski definition) is 5. The molecule has 0 aliphatic carbocycles. The van der Waals surface area contributed by atoms with Gasteiger partial charge >= 0.3 is 11.7 Å². The zero-order chi connectivity index (χ0) is 16.4. The molecule has 0 saturated heterocycles. The third kappa shape index (κ3) is 2.89. The highest BCUT2D eigenvalue weighted by molar-refractivity contribution is 6.31. The van der Waals surface area contributed by atoms with Crippen molar-refractivity contribution in [2.24, 2.45) is 14.1 Å². The van der Waals surface area contributed by atoms with Crippen molar-refractivity contribution in [2.45, 2.75) is 0 Å². The lowest BCUT2D eigenvalue weighted by Gasteiger charge is -2.13. The molecule has 8 heteroatoms. The van der Waals surface area contributed by atoms with E-state index in [9.17, 15) is 14.4 Å². The first kappa shape index (κ1) is 15.8. The van der Waals surface area contributed by atoms with Crippen LogP contribution < -0.4 is 16.0 Å². The van der Waals surface area contributed by atoms with Gasteiger partial charge in [-0.1, -0.05) is 11.6 Å². The molecule has 0 saturated carbocycles. The number of ether oxygens (including phenoxy) is 2. The second-order valence-electron chi connectivity index (χ2n) is 4.46. The van der Waals surface area contributed by atoms with Gasteiger partial charge in [0.1, 0.15) is 11.3 Å². The minimum absolute atomic E-state index is 0.000533. The Labute approximate surface area is 130 Å². The molecule has 7 nitrogen and oxygen atoms in total. The fourth-order valence-corrected chi connectivity index (χ4v) is 1.96. The molecule has 0 fully saturated rings. The number of halogens is 1. The molecule has 2 aromatic rings. The van der Waals surface area contributed by atoms with Crippen molar-refractivity contribution >= 4 is 17.6 Å². The van der Waals surface area contributed by atoms with Crippen LogP contribution >= 0.6 is 11.6 Å². The molecule has 0 unspecified atom stereocenters. The van der Waals surface area contributed by atoms with Gasteiger partial charge in [0, 0.05) is 19.1 Å². The van der Waals surface area contributed by atoms with Crippen LogP contribution in [0, 0.1) is 0 Å². The van der Waals surface area contributed by atoms with E-state index < -0.39 is 17.2 Å². The van der Waals surface area contributed by atoms with Crippen molar-refractivity contribution in [1.82, 2.24) is 9.13 Å². The van der Waals surface area contributed by atoms with E-state index >= 15 is 0 Å². The van der Waals surface area contributed by atoms with Gasteiger partial charge in [0.2, 0.25) is 5.88 Å². The van der Waals surface area contributed by atoms with E-state index in [1.165, 1.54) is 39.4 Å². The molecule has 0 amide bonds. The number of aromatic nitrogens is 2. The number of carbonyl (C=O) groups excluding carboxylic acids is 1. The van der Waals surface area contributed by atoms with Gasteiger partial charge in [-0.25, -0.2) is 9.59 Å². The van der Waals surface area contributed by atoms with Crippen LogP contribution in [0.25, 0.3) is 0 Å². The summed E-state index contributed by atoms with van der Waals surface area (Å²) in [5, 5.41) is 0.325. The van der Waals surface area contributed by atoms with Gasteiger partial charge in [0.25, 0.3) is 5.56 Å². The molecule has 1 aromatic carbocycles. The average Bonchev–Trinajstić information content (AvgIpc) is 2.51. The highest BCUT2D eigenvalue weighted by Crippen LogP contribution is 2.27. The highest BCUT2D eigenvalue weighted by Gasteiger charge is 2.16. The number of benzene rings is 1. The summed E-state index contributed by atoms with van der Waals surface area (Å²) >= 11 is 5.85. The average molecular weight is 325 g/mol. The van der Waals surface area contributed by atoms with Crippen molar-refractivity contribution in [3.05, 3.63) is 55.7 Å². The third-order valence-electron chi connectivity index (χ3n) is 3.04. The van der Waals surface area contributed by atoms with Crippen LogP contribution in [-0.2, 0) is 18.8 Å². The van der Waals surface area contributed by atoms with Crippen LogP contribution in [0.4, 0.5) is 0 Å². The topological polar surface area (TPSA) is 79.5 Å². The van der Waals surface area contributed by atoms with E-state index in [-0.39, 0.29) is 17.2 Å². The van der Waals surface area contributed by atoms with E-state index in [0.29, 0.717) is 5.02 Å². The summed E-state index contributed by atoms with van der Waals surface area (Å²) in [6.07, 6.45) is 0. The van der Waals surface area contributed by atoms with Gasteiger partial charge in [-0.05, 0) is 18.2 Å². The maximum absolute atomic E-state index is 11.9. The summed E-state index contributed by atoms with van der Waals surface area (Å²) in [7, 11) is 4.03. The Bertz CT molecular complexity index is 853. The van der Waals surface area contributed by atoms with E-state index in [1.54, 1.807) is 0 Å². The van der Waals surface area contributed by atoms with Gasteiger partial charge in [-0.15, -0.1) is 0 Å². The molecule has 1 aromatic heterocycles. The molecule has 22 heavy (non-hydrogen) atoms. The first-order chi connectivity index (χ1) is 10.3. The predicted molar refractivity (Wildman–Crippen MR) is 79.8 cm³/mol. The molecular weight excluding hydrogens is 312 g/mol. The summed E-state index contributed by atoms with van der Waals surface area (Å²) in [6.45, 7) is 0. The fraction of sp³-hybridized carbons (Fsp3) is 0.214. The Morgan fingerprint density at radius 1 is 1.14 bits per heavy atom. The molecule has 0 atom stereocenters. The maximum atomic E-state index is 11.9. The van der Waals surface area contributed by atoms with Gasteiger partial charge < -0.3 is 9.47 Å². The lowest BCUT2D eigenvalue weighted by Crippen LogP contribution is -2.36. The quantitative estimate of drug-likeness (QED) is 0.795. The molecule has 0 aliphatic rings. The van der Waals surface area contributed by atoms with Crippen molar-refractivity contribution in [3.8, 4) is 11.6 Å². The molecule has 2 rings (SSSR count). The first-order valence-electron chi connectivity index (χ1n) is 6.18. The number of esters is 1. The Balaban J connectivity index is 2.55. The van der Waals surface area contributed by atoms with Crippen molar-refractivity contribution < 1.29 is 14.3 Å². The van der Waals surface area contributed by atoms with E-state index in [4.69, 9.17) is 16.3 Å². The monoisotopic (exact) mass is 324 g/mol. The molecule has 0 radical (unpaired) electrons.